The molecule has 5 nitrogen and oxygen atoms in total. The summed E-state index contributed by atoms with van der Waals surface area (Å²) >= 11 is 0. The second-order valence-corrected chi connectivity index (χ2v) is 5.43. The number of imide groups is 1. The van der Waals surface area contributed by atoms with Crippen molar-refractivity contribution in [3.63, 3.8) is 0 Å². The Labute approximate surface area is 142 Å². The Morgan fingerprint density at radius 1 is 0.880 bits per heavy atom. The zero-order chi connectivity index (χ0) is 17.4. The molecule has 0 unspecified atom stereocenters. The van der Waals surface area contributed by atoms with Crippen molar-refractivity contribution in [2.75, 3.05) is 4.90 Å². The Bertz CT molecular complexity index is 954. The summed E-state index contributed by atoms with van der Waals surface area (Å²) in [7, 11) is 0. The van der Waals surface area contributed by atoms with Crippen LogP contribution in [0.15, 0.2) is 67.0 Å². The van der Waals surface area contributed by atoms with Gasteiger partial charge in [0, 0.05) is 18.3 Å². The SMILES string of the molecule is O=C1c2ccccc2C(=O)N1c1cc(F)cc(Oc2cccnc2)c1. The molecular formula is C19H11FN2O3. The van der Waals surface area contributed by atoms with Crippen LogP contribution >= 0.6 is 0 Å². The summed E-state index contributed by atoms with van der Waals surface area (Å²) < 4.78 is 19.6. The van der Waals surface area contributed by atoms with Crippen LogP contribution in [0.25, 0.3) is 0 Å². The third-order valence-corrected chi connectivity index (χ3v) is 3.78. The number of nitrogens with zero attached hydrogens (tertiary/aromatic N) is 2. The smallest absolute Gasteiger partial charge is 0.266 e. The van der Waals surface area contributed by atoms with E-state index in [1.165, 1.54) is 18.3 Å². The lowest BCUT2D eigenvalue weighted by molar-refractivity contribution is 0.0926. The van der Waals surface area contributed by atoms with Crippen LogP contribution in [0.5, 0.6) is 11.5 Å². The summed E-state index contributed by atoms with van der Waals surface area (Å²) in [6, 6.07) is 13.6. The van der Waals surface area contributed by atoms with E-state index in [1.807, 2.05) is 0 Å². The van der Waals surface area contributed by atoms with Crippen molar-refractivity contribution in [2.45, 2.75) is 0 Å². The van der Waals surface area contributed by atoms with Crippen LogP contribution in [0.3, 0.4) is 0 Å². The molecule has 122 valence electrons. The molecular weight excluding hydrogens is 323 g/mol. The van der Waals surface area contributed by atoms with E-state index in [-0.39, 0.29) is 11.4 Å². The lowest BCUT2D eigenvalue weighted by atomic mass is 10.1. The van der Waals surface area contributed by atoms with Gasteiger partial charge in [-0.15, -0.1) is 0 Å². The molecule has 6 heteroatoms. The molecule has 0 fully saturated rings. The summed E-state index contributed by atoms with van der Waals surface area (Å²) in [4.78, 5) is 29.9. The number of halogens is 1. The van der Waals surface area contributed by atoms with Crippen LogP contribution in [0.2, 0.25) is 0 Å². The van der Waals surface area contributed by atoms with E-state index in [2.05, 4.69) is 4.98 Å². The minimum Gasteiger partial charge on any atom is -0.456 e. The monoisotopic (exact) mass is 334 g/mol. The maximum absolute atomic E-state index is 14.0. The van der Waals surface area contributed by atoms with Crippen molar-refractivity contribution in [3.8, 4) is 11.5 Å². The van der Waals surface area contributed by atoms with Crippen molar-refractivity contribution in [1.29, 1.82) is 0 Å². The average Bonchev–Trinajstić information content (AvgIpc) is 2.87. The second kappa shape index (κ2) is 5.83. The van der Waals surface area contributed by atoms with Crippen LogP contribution in [-0.4, -0.2) is 16.8 Å². The Hall–Kier alpha value is -3.54. The first-order valence-electron chi connectivity index (χ1n) is 7.50. The third kappa shape index (κ3) is 2.63. The molecule has 0 saturated heterocycles. The molecule has 25 heavy (non-hydrogen) atoms. The van der Waals surface area contributed by atoms with Gasteiger partial charge in [-0.05, 0) is 30.3 Å². The number of amides is 2. The molecule has 0 radical (unpaired) electrons. The normalized spacial score (nSPS) is 13.1. The zero-order valence-electron chi connectivity index (χ0n) is 12.8. The number of pyridine rings is 1. The molecule has 2 aromatic carbocycles. The minimum atomic E-state index is -0.618. The number of fused-ring (bicyclic) bond motifs is 1. The topological polar surface area (TPSA) is 59.5 Å². The number of carbonyl (C=O) groups excluding carboxylic acids is 2. The van der Waals surface area contributed by atoms with Gasteiger partial charge >= 0.3 is 0 Å². The molecule has 0 bridgehead atoms. The summed E-state index contributed by atoms with van der Waals surface area (Å²) in [6.07, 6.45) is 3.06. The molecule has 2 amide bonds. The van der Waals surface area contributed by atoms with E-state index in [1.54, 1.807) is 42.6 Å². The molecule has 1 aliphatic heterocycles. The number of aromatic nitrogens is 1. The van der Waals surface area contributed by atoms with Crippen molar-refractivity contribution < 1.29 is 18.7 Å². The number of benzene rings is 2. The highest BCUT2D eigenvalue weighted by atomic mass is 19.1. The van der Waals surface area contributed by atoms with Gasteiger partial charge in [-0.1, -0.05) is 12.1 Å². The molecule has 0 spiro atoms. The van der Waals surface area contributed by atoms with Crippen LogP contribution in [-0.2, 0) is 0 Å². The van der Waals surface area contributed by atoms with Gasteiger partial charge in [0.25, 0.3) is 11.8 Å². The number of hydrogen-bond donors (Lipinski definition) is 0. The summed E-state index contributed by atoms with van der Waals surface area (Å²) in [5.74, 6) is -1.01. The maximum atomic E-state index is 14.0. The van der Waals surface area contributed by atoms with Crippen LogP contribution < -0.4 is 9.64 Å². The van der Waals surface area contributed by atoms with E-state index < -0.39 is 17.6 Å². The highest BCUT2D eigenvalue weighted by Crippen LogP contribution is 2.32. The molecule has 2 heterocycles. The largest absolute Gasteiger partial charge is 0.456 e. The number of rotatable bonds is 3. The van der Waals surface area contributed by atoms with Gasteiger partial charge in [-0.25, -0.2) is 9.29 Å². The molecule has 3 aromatic rings. The summed E-state index contributed by atoms with van der Waals surface area (Å²) in [6.45, 7) is 0. The van der Waals surface area contributed by atoms with Crippen molar-refractivity contribution in [3.05, 3.63) is 83.9 Å². The first kappa shape index (κ1) is 15.0. The number of ether oxygens (including phenoxy) is 1. The van der Waals surface area contributed by atoms with Gasteiger partial charge in [-0.3, -0.25) is 14.6 Å². The zero-order valence-corrected chi connectivity index (χ0v) is 12.8. The molecule has 1 aromatic heterocycles. The van der Waals surface area contributed by atoms with E-state index in [4.69, 9.17) is 4.74 Å². The summed E-state index contributed by atoms with van der Waals surface area (Å²) in [5.41, 5.74) is 0.711. The van der Waals surface area contributed by atoms with Crippen molar-refractivity contribution >= 4 is 17.5 Å². The maximum Gasteiger partial charge on any atom is 0.266 e. The fourth-order valence-corrected chi connectivity index (χ4v) is 2.70. The summed E-state index contributed by atoms with van der Waals surface area (Å²) in [5, 5.41) is 0. The van der Waals surface area contributed by atoms with Crippen LogP contribution in [0.1, 0.15) is 20.7 Å². The lowest BCUT2D eigenvalue weighted by Gasteiger charge is -2.15. The second-order valence-electron chi connectivity index (χ2n) is 5.43. The number of carbonyl (C=O) groups is 2. The molecule has 4 rings (SSSR count). The minimum absolute atomic E-state index is 0.116. The quantitative estimate of drug-likeness (QED) is 0.683. The third-order valence-electron chi connectivity index (χ3n) is 3.78. The van der Waals surface area contributed by atoms with E-state index in [0.717, 1.165) is 11.0 Å². The highest BCUT2D eigenvalue weighted by Gasteiger charge is 2.36. The average molecular weight is 334 g/mol. The van der Waals surface area contributed by atoms with Crippen LogP contribution in [0.4, 0.5) is 10.1 Å². The van der Waals surface area contributed by atoms with E-state index in [9.17, 15) is 14.0 Å². The number of hydrogen-bond acceptors (Lipinski definition) is 4. The van der Waals surface area contributed by atoms with Crippen molar-refractivity contribution in [2.24, 2.45) is 0 Å². The Kier molecular flexibility index (Phi) is 3.50. The molecule has 0 saturated carbocycles. The van der Waals surface area contributed by atoms with Crippen molar-refractivity contribution in [1.82, 2.24) is 4.98 Å². The molecule has 0 aliphatic carbocycles. The standard InChI is InChI=1S/C19H11FN2O3/c20-12-8-13(10-15(9-12)25-14-4-3-7-21-11-14)22-18(23)16-5-1-2-6-17(16)19(22)24/h1-11H. The van der Waals surface area contributed by atoms with Crippen LogP contribution in [0, 0.1) is 5.82 Å². The first-order chi connectivity index (χ1) is 12.1. The van der Waals surface area contributed by atoms with Gasteiger partial charge in [0.1, 0.15) is 17.3 Å². The van der Waals surface area contributed by atoms with E-state index in [0.29, 0.717) is 16.9 Å². The predicted octanol–water partition coefficient (Wildman–Crippen LogP) is 3.81. The lowest BCUT2D eigenvalue weighted by Crippen LogP contribution is -2.29. The first-order valence-corrected chi connectivity index (χ1v) is 7.50. The Morgan fingerprint density at radius 3 is 2.24 bits per heavy atom. The van der Waals surface area contributed by atoms with Gasteiger partial charge < -0.3 is 4.74 Å². The molecule has 0 atom stereocenters. The fourth-order valence-electron chi connectivity index (χ4n) is 2.70. The fraction of sp³-hybridized carbons (Fsp3) is 0. The molecule has 0 N–H and O–H groups in total. The van der Waals surface area contributed by atoms with Gasteiger partial charge in [0.2, 0.25) is 0 Å². The van der Waals surface area contributed by atoms with Gasteiger partial charge in [0.15, 0.2) is 0 Å². The van der Waals surface area contributed by atoms with E-state index >= 15 is 0 Å². The predicted molar refractivity (Wildman–Crippen MR) is 88.3 cm³/mol. The molecule has 1 aliphatic rings. The number of anilines is 1. The Balaban J connectivity index is 1.72. The Morgan fingerprint density at radius 2 is 1.60 bits per heavy atom. The van der Waals surface area contributed by atoms with Gasteiger partial charge in [-0.2, -0.15) is 0 Å². The van der Waals surface area contributed by atoms with Gasteiger partial charge in [0.05, 0.1) is 23.0 Å². The highest BCUT2D eigenvalue weighted by molar-refractivity contribution is 6.34.